The zero-order valence-corrected chi connectivity index (χ0v) is 21.0. The average molecular weight is 527 g/mol. The number of aromatic nitrogens is 1. The number of pyridine rings is 1. The van der Waals surface area contributed by atoms with Gasteiger partial charge in [-0.1, -0.05) is 0 Å². The molecule has 2 aliphatic heterocycles. The molecule has 202 valence electrons. The Morgan fingerprint density at radius 3 is 2.51 bits per heavy atom. The number of amides is 2. The molecule has 0 aliphatic carbocycles. The number of hydrogen-bond donors (Lipinski definition) is 1. The summed E-state index contributed by atoms with van der Waals surface area (Å²) in [5.41, 5.74) is -1.27. The van der Waals surface area contributed by atoms with Crippen molar-refractivity contribution < 1.29 is 36.6 Å². The molecule has 0 bridgehead atoms. The molecular formula is C25H30F4N4O4. The van der Waals surface area contributed by atoms with Gasteiger partial charge in [0.2, 0.25) is 0 Å². The largest absolute Gasteiger partial charge is 0.444 e. The number of benzene rings is 1. The maximum Gasteiger partial charge on any atom is 0.418 e. The van der Waals surface area contributed by atoms with E-state index in [9.17, 15) is 27.2 Å². The lowest BCUT2D eigenvalue weighted by Crippen LogP contribution is -2.55. The molecule has 0 radical (unpaired) electrons. The minimum atomic E-state index is -4.57. The number of ether oxygens (including phenoxy) is 2. The summed E-state index contributed by atoms with van der Waals surface area (Å²) in [7, 11) is 0. The Labute approximate surface area is 211 Å². The average Bonchev–Trinajstić information content (AvgIpc) is 3.16. The van der Waals surface area contributed by atoms with E-state index in [0.29, 0.717) is 17.6 Å². The number of carbonyl (C=O) groups is 2. The van der Waals surface area contributed by atoms with Crippen LogP contribution in [0.4, 0.5) is 28.0 Å². The standard InChI is InChI=1S/C25H30F4N4O4/c1-14-10-32(19-8-7-16(25(27,28)29)21-15(19)6-5-9-30-21)13-20(36-14)22(34)31-18-12-33(11-17(18)26)23(35)37-24(2,3)4/h5-9,14,17-18,20H,10-13H2,1-4H3,(H,31,34)/t14-,17?,18?,20-/m1/s1. The summed E-state index contributed by atoms with van der Waals surface area (Å²) in [4.78, 5) is 32.3. The van der Waals surface area contributed by atoms with Crippen LogP contribution in [0, 0.1) is 0 Å². The van der Waals surface area contributed by atoms with Crippen LogP contribution in [0.1, 0.15) is 33.3 Å². The second-order valence-corrected chi connectivity index (χ2v) is 10.4. The van der Waals surface area contributed by atoms with Crippen molar-refractivity contribution in [2.24, 2.45) is 0 Å². The number of nitrogens with one attached hydrogen (secondary N) is 1. The van der Waals surface area contributed by atoms with Gasteiger partial charge in [0.1, 0.15) is 11.8 Å². The molecule has 12 heteroatoms. The SMILES string of the molecule is C[C@@H]1CN(c2ccc(C(F)(F)F)c3ncccc23)C[C@H](C(=O)NC2CN(C(=O)OC(C)(C)C)CC2F)O1. The fourth-order valence-electron chi connectivity index (χ4n) is 4.61. The molecule has 1 aromatic heterocycles. The van der Waals surface area contributed by atoms with E-state index in [4.69, 9.17) is 9.47 Å². The second-order valence-electron chi connectivity index (χ2n) is 10.4. The van der Waals surface area contributed by atoms with E-state index < -0.39 is 53.8 Å². The highest BCUT2D eigenvalue weighted by atomic mass is 19.4. The predicted molar refractivity (Wildman–Crippen MR) is 128 cm³/mol. The van der Waals surface area contributed by atoms with Crippen molar-refractivity contribution in [1.29, 1.82) is 0 Å². The summed E-state index contributed by atoms with van der Waals surface area (Å²) in [5, 5.41) is 2.93. The van der Waals surface area contributed by atoms with Gasteiger partial charge in [-0.15, -0.1) is 0 Å². The van der Waals surface area contributed by atoms with Gasteiger partial charge in [0.05, 0.1) is 36.3 Å². The molecule has 4 atom stereocenters. The first-order valence-electron chi connectivity index (χ1n) is 12.0. The number of carbonyl (C=O) groups excluding carboxylic acids is 2. The third-order valence-corrected chi connectivity index (χ3v) is 6.17. The van der Waals surface area contributed by atoms with E-state index in [-0.39, 0.29) is 25.2 Å². The highest BCUT2D eigenvalue weighted by Crippen LogP contribution is 2.38. The summed E-state index contributed by atoms with van der Waals surface area (Å²) in [6.07, 6.45) is -6.85. The quantitative estimate of drug-likeness (QED) is 0.611. The minimum Gasteiger partial charge on any atom is -0.444 e. The van der Waals surface area contributed by atoms with E-state index in [2.05, 4.69) is 10.3 Å². The van der Waals surface area contributed by atoms with Crippen LogP contribution >= 0.6 is 0 Å². The van der Waals surface area contributed by atoms with Crippen LogP contribution in [-0.2, 0) is 20.4 Å². The van der Waals surface area contributed by atoms with Gasteiger partial charge < -0.3 is 24.6 Å². The summed E-state index contributed by atoms with van der Waals surface area (Å²) in [6, 6.07) is 4.52. The molecule has 2 unspecified atom stereocenters. The summed E-state index contributed by atoms with van der Waals surface area (Å²) >= 11 is 0. The van der Waals surface area contributed by atoms with Crippen molar-refractivity contribution >= 4 is 28.6 Å². The van der Waals surface area contributed by atoms with Crippen molar-refractivity contribution in [2.45, 2.75) is 63.9 Å². The zero-order chi connectivity index (χ0) is 27.1. The Bertz CT molecular complexity index is 1170. The molecule has 0 saturated carbocycles. The van der Waals surface area contributed by atoms with Crippen LogP contribution < -0.4 is 10.2 Å². The highest BCUT2D eigenvalue weighted by molar-refractivity contribution is 5.94. The smallest absolute Gasteiger partial charge is 0.418 e. The number of likely N-dealkylation sites (tertiary alicyclic amines) is 1. The van der Waals surface area contributed by atoms with Crippen LogP contribution in [0.3, 0.4) is 0 Å². The lowest BCUT2D eigenvalue weighted by atomic mass is 10.0. The van der Waals surface area contributed by atoms with Gasteiger partial charge in [0.25, 0.3) is 5.91 Å². The van der Waals surface area contributed by atoms with Gasteiger partial charge in [-0.2, -0.15) is 13.2 Å². The Hall–Kier alpha value is -3.15. The number of anilines is 1. The maximum absolute atomic E-state index is 14.7. The summed E-state index contributed by atoms with van der Waals surface area (Å²) < 4.78 is 66.3. The third kappa shape index (κ3) is 6.06. The van der Waals surface area contributed by atoms with Gasteiger partial charge in [-0.05, 0) is 52.0 Å². The minimum absolute atomic E-state index is 0.0466. The normalized spacial score (nSPS) is 24.9. The van der Waals surface area contributed by atoms with Crippen LogP contribution in [0.15, 0.2) is 30.5 Å². The molecule has 2 aliphatic rings. The van der Waals surface area contributed by atoms with E-state index in [0.717, 1.165) is 6.07 Å². The lowest BCUT2D eigenvalue weighted by Gasteiger charge is -2.38. The number of halogens is 4. The van der Waals surface area contributed by atoms with Crippen molar-refractivity contribution in [3.8, 4) is 0 Å². The van der Waals surface area contributed by atoms with E-state index in [1.54, 1.807) is 44.7 Å². The van der Waals surface area contributed by atoms with E-state index in [1.165, 1.54) is 17.2 Å². The molecule has 2 fully saturated rings. The first-order chi connectivity index (χ1) is 17.2. The van der Waals surface area contributed by atoms with Gasteiger partial charge >= 0.3 is 12.3 Å². The number of alkyl halides is 4. The van der Waals surface area contributed by atoms with Crippen LogP contribution in [-0.4, -0.2) is 78.1 Å². The molecular weight excluding hydrogens is 496 g/mol. The van der Waals surface area contributed by atoms with E-state index >= 15 is 0 Å². The van der Waals surface area contributed by atoms with Gasteiger partial charge in [-0.3, -0.25) is 9.78 Å². The number of hydrogen-bond acceptors (Lipinski definition) is 6. The Balaban J connectivity index is 1.49. The molecule has 4 rings (SSSR count). The van der Waals surface area contributed by atoms with Crippen molar-refractivity contribution in [1.82, 2.24) is 15.2 Å². The number of fused-ring (bicyclic) bond motifs is 1. The van der Waals surface area contributed by atoms with Crippen LogP contribution in [0.2, 0.25) is 0 Å². The molecule has 1 N–H and O–H groups in total. The predicted octanol–water partition coefficient (Wildman–Crippen LogP) is 3.92. The van der Waals surface area contributed by atoms with E-state index in [1.807, 2.05) is 0 Å². The summed E-state index contributed by atoms with van der Waals surface area (Å²) in [6.45, 7) is 6.98. The van der Waals surface area contributed by atoms with Crippen LogP contribution in [0.5, 0.6) is 0 Å². The van der Waals surface area contributed by atoms with Crippen molar-refractivity contribution in [3.63, 3.8) is 0 Å². The Morgan fingerprint density at radius 1 is 1.11 bits per heavy atom. The van der Waals surface area contributed by atoms with Gasteiger partial charge in [-0.25, -0.2) is 9.18 Å². The van der Waals surface area contributed by atoms with Crippen LogP contribution in [0.25, 0.3) is 10.9 Å². The maximum atomic E-state index is 14.7. The van der Waals surface area contributed by atoms with Gasteiger partial charge in [0.15, 0.2) is 6.10 Å². The molecule has 3 heterocycles. The zero-order valence-electron chi connectivity index (χ0n) is 21.0. The first-order valence-corrected chi connectivity index (χ1v) is 12.0. The Morgan fingerprint density at radius 2 is 1.84 bits per heavy atom. The highest BCUT2D eigenvalue weighted by Gasteiger charge is 2.41. The summed E-state index contributed by atoms with van der Waals surface area (Å²) in [5.74, 6) is -0.565. The molecule has 1 aromatic carbocycles. The first kappa shape index (κ1) is 26.9. The van der Waals surface area contributed by atoms with Gasteiger partial charge in [0, 0.05) is 30.4 Å². The van der Waals surface area contributed by atoms with Crippen molar-refractivity contribution in [3.05, 3.63) is 36.0 Å². The molecule has 2 amide bonds. The molecule has 2 saturated heterocycles. The van der Waals surface area contributed by atoms with Crippen molar-refractivity contribution in [2.75, 3.05) is 31.1 Å². The molecule has 2 aromatic rings. The molecule has 8 nitrogen and oxygen atoms in total. The number of morpholine rings is 1. The molecule has 37 heavy (non-hydrogen) atoms. The number of nitrogens with zero attached hydrogens (tertiary/aromatic N) is 3. The monoisotopic (exact) mass is 526 g/mol. The third-order valence-electron chi connectivity index (χ3n) is 6.17. The Kier molecular flexibility index (Phi) is 7.24. The fourth-order valence-corrected chi connectivity index (χ4v) is 4.61. The molecule has 0 spiro atoms. The second kappa shape index (κ2) is 9.96. The fraction of sp³-hybridized carbons (Fsp3) is 0.560. The topological polar surface area (TPSA) is 84.0 Å². The lowest BCUT2D eigenvalue weighted by molar-refractivity contribution is -0.138. The number of rotatable bonds is 3.